The quantitative estimate of drug-likeness (QED) is 0.226. The third-order valence-electron chi connectivity index (χ3n) is 6.67. The Morgan fingerprint density at radius 1 is 0.857 bits per heavy atom. The summed E-state index contributed by atoms with van der Waals surface area (Å²) in [6.07, 6.45) is 0. The van der Waals surface area contributed by atoms with Gasteiger partial charge in [-0.15, -0.1) is 0 Å². The summed E-state index contributed by atoms with van der Waals surface area (Å²) in [6.45, 7) is 3.96. The van der Waals surface area contributed by atoms with Gasteiger partial charge < -0.3 is 9.84 Å². The van der Waals surface area contributed by atoms with Crippen LogP contribution in [-0.2, 0) is 9.59 Å². The van der Waals surface area contributed by atoms with Crippen molar-refractivity contribution in [3.05, 3.63) is 113 Å². The van der Waals surface area contributed by atoms with Crippen LogP contribution in [-0.4, -0.2) is 23.9 Å². The van der Waals surface area contributed by atoms with Crippen LogP contribution in [0.1, 0.15) is 28.3 Å². The molecule has 1 fully saturated rings. The molecule has 1 aliphatic rings. The van der Waals surface area contributed by atoms with E-state index in [0.717, 1.165) is 21.9 Å². The van der Waals surface area contributed by atoms with E-state index in [2.05, 4.69) is 0 Å². The minimum Gasteiger partial charge on any atom is -0.507 e. The molecule has 0 aliphatic carbocycles. The molecule has 5 rings (SSSR count). The van der Waals surface area contributed by atoms with Crippen molar-refractivity contribution in [3.8, 4) is 5.75 Å². The average molecular weight is 464 g/mol. The van der Waals surface area contributed by atoms with Crippen LogP contribution in [0.4, 0.5) is 5.69 Å². The number of nitrogens with zero attached hydrogens (tertiary/aromatic N) is 1. The number of carbonyl (C=O) groups excluding carboxylic acids is 2. The Kier molecular flexibility index (Phi) is 5.61. The molecule has 1 N–H and O–H groups in total. The number of hydrogen-bond donors (Lipinski definition) is 1. The fraction of sp³-hybridized carbons (Fsp3) is 0.133. The first-order chi connectivity index (χ1) is 16.9. The number of ether oxygens (including phenoxy) is 1. The Bertz CT molecular complexity index is 1510. The summed E-state index contributed by atoms with van der Waals surface area (Å²) in [5.41, 5.74) is 3.91. The summed E-state index contributed by atoms with van der Waals surface area (Å²) in [5.74, 6) is -0.998. The van der Waals surface area contributed by atoms with Gasteiger partial charge in [0, 0.05) is 11.3 Å². The highest BCUT2D eigenvalue weighted by Crippen LogP contribution is 2.43. The maximum absolute atomic E-state index is 13.5. The van der Waals surface area contributed by atoms with Gasteiger partial charge >= 0.3 is 0 Å². The van der Waals surface area contributed by atoms with Gasteiger partial charge in [0.2, 0.25) is 0 Å². The van der Waals surface area contributed by atoms with Crippen molar-refractivity contribution in [2.75, 3.05) is 12.0 Å². The molecule has 1 unspecified atom stereocenters. The van der Waals surface area contributed by atoms with Crippen molar-refractivity contribution in [3.63, 3.8) is 0 Å². The van der Waals surface area contributed by atoms with Crippen molar-refractivity contribution >= 4 is 33.9 Å². The van der Waals surface area contributed by atoms with Crippen LogP contribution in [0.2, 0.25) is 0 Å². The molecule has 1 heterocycles. The Morgan fingerprint density at radius 3 is 2.37 bits per heavy atom. The van der Waals surface area contributed by atoms with E-state index in [0.29, 0.717) is 22.6 Å². The zero-order valence-corrected chi connectivity index (χ0v) is 19.8. The van der Waals surface area contributed by atoms with Crippen LogP contribution in [0, 0.1) is 13.8 Å². The van der Waals surface area contributed by atoms with E-state index < -0.39 is 17.7 Å². The molecule has 5 heteroatoms. The van der Waals surface area contributed by atoms with E-state index in [9.17, 15) is 14.7 Å². The van der Waals surface area contributed by atoms with Crippen LogP contribution in [0.3, 0.4) is 0 Å². The standard InChI is InChI=1S/C30H25NO4/c1-18-14-15-22(16-19(18)2)31-27(21-10-6-11-23(17-21)35-3)26(29(33)30(31)34)28(32)25-13-7-9-20-8-4-5-12-24(20)25/h4-17,27,32H,1-3H3/b28-26-. The molecule has 0 saturated carbocycles. The molecule has 1 saturated heterocycles. The number of benzene rings is 4. The van der Waals surface area contributed by atoms with Gasteiger partial charge in [0.15, 0.2) is 0 Å². The molecule has 0 radical (unpaired) electrons. The summed E-state index contributed by atoms with van der Waals surface area (Å²) in [4.78, 5) is 28.4. The minimum atomic E-state index is -0.814. The predicted octanol–water partition coefficient (Wildman–Crippen LogP) is 6.09. The number of hydrogen-bond acceptors (Lipinski definition) is 4. The molecule has 4 aromatic carbocycles. The Hall–Kier alpha value is -4.38. The van der Waals surface area contributed by atoms with Gasteiger partial charge in [-0.25, -0.2) is 0 Å². The third kappa shape index (κ3) is 3.75. The number of aliphatic hydroxyl groups is 1. The molecule has 1 atom stereocenters. The number of ketones is 1. The van der Waals surface area contributed by atoms with Gasteiger partial charge in [0.1, 0.15) is 11.5 Å². The van der Waals surface area contributed by atoms with Crippen molar-refractivity contribution in [2.24, 2.45) is 0 Å². The largest absolute Gasteiger partial charge is 0.507 e. The van der Waals surface area contributed by atoms with Crippen LogP contribution in [0.25, 0.3) is 16.5 Å². The molecular weight excluding hydrogens is 438 g/mol. The molecule has 5 nitrogen and oxygen atoms in total. The monoisotopic (exact) mass is 463 g/mol. The Morgan fingerprint density at radius 2 is 1.60 bits per heavy atom. The highest BCUT2D eigenvalue weighted by atomic mass is 16.5. The summed E-state index contributed by atoms with van der Waals surface area (Å²) in [5, 5.41) is 13.3. The number of aliphatic hydroxyl groups excluding tert-OH is 1. The number of aryl methyl sites for hydroxylation is 2. The zero-order valence-electron chi connectivity index (χ0n) is 19.8. The lowest BCUT2D eigenvalue weighted by molar-refractivity contribution is -0.132. The zero-order chi connectivity index (χ0) is 24.7. The number of rotatable bonds is 4. The number of anilines is 1. The van der Waals surface area contributed by atoms with Crippen molar-refractivity contribution < 1.29 is 19.4 Å². The maximum atomic E-state index is 13.5. The number of amides is 1. The lowest BCUT2D eigenvalue weighted by Crippen LogP contribution is -2.29. The van der Waals surface area contributed by atoms with Crippen LogP contribution in [0.15, 0.2) is 90.5 Å². The molecule has 0 bridgehead atoms. The summed E-state index contributed by atoms with van der Waals surface area (Å²) >= 11 is 0. The molecule has 4 aromatic rings. The minimum absolute atomic E-state index is 0.0536. The summed E-state index contributed by atoms with van der Waals surface area (Å²) < 4.78 is 5.41. The first-order valence-electron chi connectivity index (χ1n) is 11.4. The Labute approximate surface area is 203 Å². The predicted molar refractivity (Wildman–Crippen MR) is 138 cm³/mol. The topological polar surface area (TPSA) is 66.8 Å². The third-order valence-corrected chi connectivity index (χ3v) is 6.67. The second-order valence-corrected chi connectivity index (χ2v) is 8.74. The molecule has 1 aliphatic heterocycles. The molecule has 1 amide bonds. The smallest absolute Gasteiger partial charge is 0.300 e. The van der Waals surface area contributed by atoms with Crippen LogP contribution >= 0.6 is 0 Å². The summed E-state index contributed by atoms with van der Waals surface area (Å²) in [7, 11) is 1.56. The second-order valence-electron chi connectivity index (χ2n) is 8.74. The molecule has 35 heavy (non-hydrogen) atoms. The normalized spacial score (nSPS) is 17.2. The van der Waals surface area contributed by atoms with E-state index in [1.165, 1.54) is 4.90 Å². The van der Waals surface area contributed by atoms with Crippen molar-refractivity contribution in [2.45, 2.75) is 19.9 Å². The first-order valence-corrected chi connectivity index (χ1v) is 11.4. The van der Waals surface area contributed by atoms with Gasteiger partial charge in [-0.1, -0.05) is 60.7 Å². The fourth-order valence-electron chi connectivity index (χ4n) is 4.68. The van der Waals surface area contributed by atoms with Crippen molar-refractivity contribution in [1.29, 1.82) is 0 Å². The van der Waals surface area contributed by atoms with Crippen LogP contribution < -0.4 is 9.64 Å². The second kappa shape index (κ2) is 8.76. The molecule has 174 valence electrons. The van der Waals surface area contributed by atoms with Crippen LogP contribution in [0.5, 0.6) is 5.75 Å². The molecule has 0 spiro atoms. The SMILES string of the molecule is COc1cccc(C2/C(=C(/O)c3cccc4ccccc34)C(=O)C(=O)N2c2ccc(C)c(C)c2)c1. The number of carbonyl (C=O) groups is 2. The lowest BCUT2D eigenvalue weighted by Gasteiger charge is -2.26. The average Bonchev–Trinajstić information content (AvgIpc) is 3.15. The van der Waals surface area contributed by atoms with E-state index in [1.54, 1.807) is 25.3 Å². The van der Waals surface area contributed by atoms with Gasteiger partial charge in [-0.3, -0.25) is 14.5 Å². The molecular formula is C30H25NO4. The van der Waals surface area contributed by atoms with E-state index >= 15 is 0 Å². The van der Waals surface area contributed by atoms with Gasteiger partial charge in [0.05, 0.1) is 18.7 Å². The fourth-order valence-corrected chi connectivity index (χ4v) is 4.68. The first kappa shape index (κ1) is 22.4. The van der Waals surface area contributed by atoms with Gasteiger partial charge in [-0.2, -0.15) is 0 Å². The maximum Gasteiger partial charge on any atom is 0.300 e. The number of fused-ring (bicyclic) bond motifs is 1. The van der Waals surface area contributed by atoms with E-state index in [1.807, 2.05) is 80.6 Å². The van der Waals surface area contributed by atoms with Crippen molar-refractivity contribution in [1.82, 2.24) is 0 Å². The van der Waals surface area contributed by atoms with E-state index in [-0.39, 0.29) is 11.3 Å². The summed E-state index contributed by atoms with van der Waals surface area (Å²) in [6, 6.07) is 25.3. The van der Waals surface area contributed by atoms with E-state index in [4.69, 9.17) is 4.74 Å². The number of methoxy groups -OCH3 is 1. The lowest BCUT2D eigenvalue weighted by atomic mass is 9.93. The Balaban J connectivity index is 1.79. The highest BCUT2D eigenvalue weighted by molar-refractivity contribution is 6.51. The highest BCUT2D eigenvalue weighted by Gasteiger charge is 2.47. The van der Waals surface area contributed by atoms with Gasteiger partial charge in [0.25, 0.3) is 11.7 Å². The molecule has 0 aromatic heterocycles. The number of Topliss-reactive ketones (excluding diaryl/α,β-unsaturated/α-hetero) is 1. The van der Waals surface area contributed by atoms with Gasteiger partial charge in [-0.05, 0) is 65.6 Å².